The van der Waals surface area contributed by atoms with Crippen molar-refractivity contribution in [2.75, 3.05) is 5.32 Å². The second-order valence-electron chi connectivity index (χ2n) is 8.40. The van der Waals surface area contributed by atoms with E-state index < -0.39 is 5.92 Å². The number of anilines is 1. The van der Waals surface area contributed by atoms with Gasteiger partial charge in [-0.25, -0.2) is 0 Å². The molecule has 4 rings (SSSR count). The van der Waals surface area contributed by atoms with Gasteiger partial charge in [-0.3, -0.25) is 14.4 Å². The quantitative estimate of drug-likeness (QED) is 0.801. The largest absolute Gasteiger partial charge is 0.329 e. The lowest BCUT2D eigenvalue weighted by atomic mass is 9.75. The summed E-state index contributed by atoms with van der Waals surface area (Å²) in [6.45, 7) is 4.22. The number of amides is 2. The molecule has 5 nitrogen and oxygen atoms in total. The SMILES string of the molecule is CC(C)c1ccc(NC(=O)C2CC(=O)NC3=C2C(=O)CC(c2ccccc2)C3)cc1. The summed E-state index contributed by atoms with van der Waals surface area (Å²) in [5.41, 5.74) is 4.00. The van der Waals surface area contributed by atoms with Crippen molar-refractivity contribution in [3.8, 4) is 0 Å². The molecule has 0 bridgehead atoms. The Kier molecular flexibility index (Phi) is 5.53. The summed E-state index contributed by atoms with van der Waals surface area (Å²) in [6.07, 6.45) is 0.908. The summed E-state index contributed by atoms with van der Waals surface area (Å²) >= 11 is 0. The molecule has 2 aromatic rings. The minimum absolute atomic E-state index is 0.00348. The van der Waals surface area contributed by atoms with Crippen molar-refractivity contribution in [1.82, 2.24) is 5.32 Å². The van der Waals surface area contributed by atoms with E-state index in [1.54, 1.807) is 0 Å². The van der Waals surface area contributed by atoms with E-state index in [0.717, 1.165) is 5.56 Å². The second kappa shape index (κ2) is 8.27. The summed E-state index contributed by atoms with van der Waals surface area (Å²) in [7, 11) is 0. The molecule has 2 atom stereocenters. The van der Waals surface area contributed by atoms with Crippen LogP contribution in [0.5, 0.6) is 0 Å². The highest BCUT2D eigenvalue weighted by atomic mass is 16.2. The van der Waals surface area contributed by atoms with E-state index in [4.69, 9.17) is 0 Å². The Morgan fingerprint density at radius 3 is 2.33 bits per heavy atom. The van der Waals surface area contributed by atoms with Gasteiger partial charge in [-0.1, -0.05) is 56.3 Å². The maximum absolute atomic E-state index is 13.0. The molecule has 5 heteroatoms. The van der Waals surface area contributed by atoms with Gasteiger partial charge in [-0.2, -0.15) is 0 Å². The fourth-order valence-electron chi connectivity index (χ4n) is 4.33. The first kappa shape index (κ1) is 20.1. The zero-order valence-electron chi connectivity index (χ0n) is 17.3. The van der Waals surface area contributed by atoms with Gasteiger partial charge < -0.3 is 10.6 Å². The van der Waals surface area contributed by atoms with Gasteiger partial charge in [-0.05, 0) is 41.5 Å². The van der Waals surface area contributed by atoms with E-state index in [2.05, 4.69) is 24.5 Å². The van der Waals surface area contributed by atoms with Crippen molar-refractivity contribution < 1.29 is 14.4 Å². The Labute approximate surface area is 176 Å². The Morgan fingerprint density at radius 1 is 0.967 bits per heavy atom. The van der Waals surface area contributed by atoms with Crippen molar-refractivity contribution in [3.05, 3.63) is 77.0 Å². The van der Waals surface area contributed by atoms with Gasteiger partial charge in [0.1, 0.15) is 0 Å². The Hall–Kier alpha value is -3.21. The van der Waals surface area contributed by atoms with Crippen LogP contribution >= 0.6 is 0 Å². The smallest absolute Gasteiger partial charge is 0.232 e. The summed E-state index contributed by atoms with van der Waals surface area (Å²) in [6, 6.07) is 17.5. The number of carbonyl (C=O) groups is 3. The van der Waals surface area contributed by atoms with Crippen LogP contribution in [0.15, 0.2) is 65.9 Å². The number of hydrogen-bond acceptors (Lipinski definition) is 3. The van der Waals surface area contributed by atoms with Gasteiger partial charge >= 0.3 is 0 Å². The molecule has 154 valence electrons. The molecule has 2 unspecified atom stereocenters. The van der Waals surface area contributed by atoms with Crippen molar-refractivity contribution in [2.45, 2.75) is 44.9 Å². The molecule has 0 spiro atoms. The van der Waals surface area contributed by atoms with Gasteiger partial charge in [0, 0.05) is 29.8 Å². The van der Waals surface area contributed by atoms with Gasteiger partial charge in [0.15, 0.2) is 5.78 Å². The fraction of sp³-hybridized carbons (Fsp3) is 0.320. The van der Waals surface area contributed by atoms with E-state index in [1.165, 1.54) is 5.56 Å². The normalized spacial score (nSPS) is 21.3. The fourth-order valence-corrected chi connectivity index (χ4v) is 4.33. The molecule has 2 N–H and O–H groups in total. The molecule has 2 amide bonds. The number of carbonyl (C=O) groups excluding carboxylic acids is 3. The molecular weight excluding hydrogens is 376 g/mol. The molecule has 30 heavy (non-hydrogen) atoms. The first-order valence-electron chi connectivity index (χ1n) is 10.4. The molecule has 0 saturated heterocycles. The molecule has 2 aromatic carbocycles. The van der Waals surface area contributed by atoms with Gasteiger partial charge in [-0.15, -0.1) is 0 Å². The number of benzene rings is 2. The highest BCUT2D eigenvalue weighted by Gasteiger charge is 2.40. The van der Waals surface area contributed by atoms with E-state index >= 15 is 0 Å². The number of allylic oxidation sites excluding steroid dienone is 1. The Morgan fingerprint density at radius 2 is 1.67 bits per heavy atom. The highest BCUT2D eigenvalue weighted by Crippen LogP contribution is 2.39. The molecule has 0 saturated carbocycles. The predicted molar refractivity (Wildman–Crippen MR) is 116 cm³/mol. The monoisotopic (exact) mass is 402 g/mol. The Bertz CT molecular complexity index is 1010. The first-order chi connectivity index (χ1) is 14.4. The van der Waals surface area contributed by atoms with Gasteiger partial charge in [0.05, 0.1) is 5.92 Å². The molecule has 0 radical (unpaired) electrons. The van der Waals surface area contributed by atoms with Gasteiger partial charge in [0.25, 0.3) is 0 Å². The molecule has 1 aliphatic carbocycles. The van der Waals surface area contributed by atoms with Crippen molar-refractivity contribution in [1.29, 1.82) is 0 Å². The number of hydrogen-bond donors (Lipinski definition) is 2. The minimum Gasteiger partial charge on any atom is -0.329 e. The van der Waals surface area contributed by atoms with Crippen LogP contribution < -0.4 is 10.6 Å². The zero-order valence-corrected chi connectivity index (χ0v) is 17.3. The lowest BCUT2D eigenvalue weighted by molar-refractivity contribution is -0.129. The molecule has 1 aliphatic heterocycles. The average molecular weight is 402 g/mol. The van der Waals surface area contributed by atoms with Crippen LogP contribution in [0, 0.1) is 5.92 Å². The second-order valence-corrected chi connectivity index (χ2v) is 8.40. The maximum Gasteiger partial charge on any atom is 0.232 e. The summed E-state index contributed by atoms with van der Waals surface area (Å²) < 4.78 is 0. The zero-order chi connectivity index (χ0) is 21.3. The average Bonchev–Trinajstić information content (AvgIpc) is 2.73. The molecule has 2 aliphatic rings. The van der Waals surface area contributed by atoms with Crippen LogP contribution in [-0.4, -0.2) is 17.6 Å². The number of rotatable bonds is 4. The molecular formula is C25H26N2O3. The van der Waals surface area contributed by atoms with E-state index in [-0.39, 0.29) is 29.9 Å². The third-order valence-electron chi connectivity index (χ3n) is 5.97. The summed E-state index contributed by atoms with van der Waals surface area (Å²) in [4.78, 5) is 38.3. The van der Waals surface area contributed by atoms with Crippen molar-refractivity contribution >= 4 is 23.3 Å². The van der Waals surface area contributed by atoms with Crippen LogP contribution in [0.1, 0.15) is 56.1 Å². The highest BCUT2D eigenvalue weighted by molar-refractivity contribution is 6.09. The van der Waals surface area contributed by atoms with Crippen LogP contribution in [0.25, 0.3) is 0 Å². The summed E-state index contributed by atoms with van der Waals surface area (Å²) in [5.74, 6) is -0.903. The van der Waals surface area contributed by atoms with Crippen molar-refractivity contribution in [2.24, 2.45) is 5.92 Å². The van der Waals surface area contributed by atoms with Crippen LogP contribution in [0.2, 0.25) is 0 Å². The lowest BCUT2D eigenvalue weighted by Crippen LogP contribution is -2.43. The maximum atomic E-state index is 13.0. The van der Waals surface area contributed by atoms with Crippen LogP contribution in [0.3, 0.4) is 0 Å². The minimum atomic E-state index is -0.747. The molecule has 0 aromatic heterocycles. The number of nitrogens with one attached hydrogen (secondary N) is 2. The lowest BCUT2D eigenvalue weighted by Gasteiger charge is -2.33. The van der Waals surface area contributed by atoms with Crippen LogP contribution in [0.4, 0.5) is 5.69 Å². The van der Waals surface area contributed by atoms with Crippen LogP contribution in [-0.2, 0) is 14.4 Å². The molecule has 0 fully saturated rings. The number of Topliss-reactive ketones (excluding diaryl/α,β-unsaturated/α-hetero) is 1. The number of ketones is 1. The van der Waals surface area contributed by atoms with Crippen molar-refractivity contribution in [3.63, 3.8) is 0 Å². The topological polar surface area (TPSA) is 75.3 Å². The van der Waals surface area contributed by atoms with E-state index in [1.807, 2.05) is 54.6 Å². The van der Waals surface area contributed by atoms with E-state index in [0.29, 0.717) is 35.7 Å². The third-order valence-corrected chi connectivity index (χ3v) is 5.97. The summed E-state index contributed by atoms with van der Waals surface area (Å²) in [5, 5.41) is 5.75. The molecule has 1 heterocycles. The Balaban J connectivity index is 1.56. The third kappa shape index (κ3) is 4.06. The first-order valence-corrected chi connectivity index (χ1v) is 10.4. The predicted octanol–water partition coefficient (Wildman–Crippen LogP) is 4.29. The van der Waals surface area contributed by atoms with Gasteiger partial charge in [0.2, 0.25) is 11.8 Å². The standard InChI is InChI=1S/C25H26N2O3/c1-15(2)16-8-10-19(11-9-16)26-25(30)20-14-23(29)27-21-12-18(13-22(28)24(20)21)17-6-4-3-5-7-17/h3-11,15,18,20H,12-14H2,1-2H3,(H,26,30)(H,27,29). The van der Waals surface area contributed by atoms with E-state index in [9.17, 15) is 14.4 Å².